The quantitative estimate of drug-likeness (QED) is 0.617. The van der Waals surface area contributed by atoms with Crippen LogP contribution in [0.2, 0.25) is 0 Å². The summed E-state index contributed by atoms with van der Waals surface area (Å²) in [5.74, 6) is -0.797. The molecule has 0 saturated carbocycles. The van der Waals surface area contributed by atoms with Crippen LogP contribution < -0.4 is 11.1 Å². The van der Waals surface area contributed by atoms with Crippen LogP contribution in [0.1, 0.15) is 20.3 Å². The van der Waals surface area contributed by atoms with Crippen LogP contribution in [0.5, 0.6) is 0 Å². The van der Waals surface area contributed by atoms with E-state index in [0.29, 0.717) is 0 Å². The molecule has 0 radical (unpaired) electrons. The molecule has 0 aliphatic heterocycles. The third-order valence-corrected chi connectivity index (χ3v) is 2.11. The van der Waals surface area contributed by atoms with Crippen molar-refractivity contribution in [3.05, 3.63) is 0 Å². The average molecular weight is 202 g/mol. The Hall–Kier alpha value is -1.10. The summed E-state index contributed by atoms with van der Waals surface area (Å²) in [6.07, 6.45) is 0.779. The SMILES string of the molecule is CC[C@H](C)[C@@H](NC(=O)COC)C(N)=O. The number of amides is 2. The second kappa shape index (κ2) is 6.37. The van der Waals surface area contributed by atoms with Crippen molar-refractivity contribution in [3.8, 4) is 0 Å². The Morgan fingerprint density at radius 1 is 1.50 bits per heavy atom. The minimum Gasteiger partial charge on any atom is -0.375 e. The van der Waals surface area contributed by atoms with Crippen LogP contribution in [0.25, 0.3) is 0 Å². The normalized spacial score (nSPS) is 14.5. The Bertz CT molecular complexity index is 206. The molecule has 0 unspecified atom stereocenters. The number of nitrogens with one attached hydrogen (secondary N) is 1. The first kappa shape index (κ1) is 12.9. The molecule has 0 fully saturated rings. The van der Waals surface area contributed by atoms with E-state index in [1.807, 2.05) is 13.8 Å². The maximum Gasteiger partial charge on any atom is 0.246 e. The fourth-order valence-corrected chi connectivity index (χ4v) is 1.08. The molecule has 2 amide bonds. The number of nitrogens with two attached hydrogens (primary N) is 1. The molecule has 0 aromatic heterocycles. The monoisotopic (exact) mass is 202 g/mol. The Balaban J connectivity index is 4.23. The van der Waals surface area contributed by atoms with Crippen molar-refractivity contribution in [3.63, 3.8) is 0 Å². The molecular formula is C9H18N2O3. The van der Waals surface area contributed by atoms with Gasteiger partial charge < -0.3 is 15.8 Å². The summed E-state index contributed by atoms with van der Waals surface area (Å²) in [6.45, 7) is 3.74. The third-order valence-electron chi connectivity index (χ3n) is 2.11. The summed E-state index contributed by atoms with van der Waals surface area (Å²) < 4.78 is 4.63. The van der Waals surface area contributed by atoms with Gasteiger partial charge in [0, 0.05) is 7.11 Å². The lowest BCUT2D eigenvalue weighted by Crippen LogP contribution is -2.49. The molecule has 0 heterocycles. The zero-order valence-corrected chi connectivity index (χ0v) is 8.87. The molecule has 0 rings (SSSR count). The maximum atomic E-state index is 11.1. The summed E-state index contributed by atoms with van der Waals surface area (Å²) in [5.41, 5.74) is 5.16. The zero-order valence-electron chi connectivity index (χ0n) is 8.87. The van der Waals surface area contributed by atoms with E-state index >= 15 is 0 Å². The first-order valence-electron chi connectivity index (χ1n) is 4.60. The van der Waals surface area contributed by atoms with Crippen molar-refractivity contribution < 1.29 is 14.3 Å². The van der Waals surface area contributed by atoms with Crippen molar-refractivity contribution in [2.45, 2.75) is 26.3 Å². The summed E-state index contributed by atoms with van der Waals surface area (Å²) in [4.78, 5) is 22.1. The highest BCUT2D eigenvalue weighted by molar-refractivity contribution is 5.87. The van der Waals surface area contributed by atoms with E-state index in [1.54, 1.807) is 0 Å². The van der Waals surface area contributed by atoms with Gasteiger partial charge in [-0.3, -0.25) is 9.59 Å². The molecule has 5 heteroatoms. The summed E-state index contributed by atoms with van der Waals surface area (Å²) in [6, 6.07) is -0.609. The zero-order chi connectivity index (χ0) is 11.1. The minimum absolute atomic E-state index is 0.0355. The van der Waals surface area contributed by atoms with Gasteiger partial charge >= 0.3 is 0 Å². The van der Waals surface area contributed by atoms with Crippen molar-refractivity contribution in [1.82, 2.24) is 5.32 Å². The first-order chi connectivity index (χ1) is 6.52. The van der Waals surface area contributed by atoms with E-state index in [9.17, 15) is 9.59 Å². The number of methoxy groups -OCH3 is 1. The van der Waals surface area contributed by atoms with Gasteiger partial charge in [0.15, 0.2) is 0 Å². The molecule has 0 aromatic rings. The molecule has 82 valence electrons. The smallest absolute Gasteiger partial charge is 0.246 e. The van der Waals surface area contributed by atoms with Gasteiger partial charge in [0.1, 0.15) is 12.6 Å². The molecule has 0 bridgehead atoms. The number of rotatable bonds is 6. The lowest BCUT2D eigenvalue weighted by molar-refractivity contribution is -0.130. The van der Waals surface area contributed by atoms with E-state index < -0.39 is 11.9 Å². The van der Waals surface area contributed by atoms with E-state index in [0.717, 1.165) is 6.42 Å². The van der Waals surface area contributed by atoms with Crippen LogP contribution >= 0.6 is 0 Å². The molecule has 14 heavy (non-hydrogen) atoms. The van der Waals surface area contributed by atoms with Gasteiger partial charge in [-0.2, -0.15) is 0 Å². The van der Waals surface area contributed by atoms with E-state index in [4.69, 9.17) is 5.73 Å². The Morgan fingerprint density at radius 3 is 2.43 bits per heavy atom. The molecular weight excluding hydrogens is 184 g/mol. The number of primary amides is 1. The number of carbonyl (C=O) groups is 2. The second-order valence-corrected chi connectivity index (χ2v) is 3.27. The highest BCUT2D eigenvalue weighted by atomic mass is 16.5. The molecule has 0 aromatic carbocycles. The number of hydrogen-bond acceptors (Lipinski definition) is 3. The molecule has 0 aliphatic carbocycles. The first-order valence-corrected chi connectivity index (χ1v) is 4.60. The number of carbonyl (C=O) groups excluding carboxylic acids is 2. The average Bonchev–Trinajstić information content (AvgIpc) is 2.13. The summed E-state index contributed by atoms with van der Waals surface area (Å²) in [5, 5.41) is 2.53. The highest BCUT2D eigenvalue weighted by Gasteiger charge is 2.23. The standard InChI is InChI=1S/C9H18N2O3/c1-4-6(2)8(9(10)13)11-7(12)5-14-3/h6,8H,4-5H2,1-3H3,(H2,10,13)(H,11,12)/t6-,8+/m0/s1. The maximum absolute atomic E-state index is 11.1. The van der Waals surface area contributed by atoms with Gasteiger partial charge in [0.2, 0.25) is 11.8 Å². The largest absolute Gasteiger partial charge is 0.375 e. The Kier molecular flexibility index (Phi) is 5.87. The Morgan fingerprint density at radius 2 is 2.07 bits per heavy atom. The topological polar surface area (TPSA) is 81.4 Å². The summed E-state index contributed by atoms with van der Waals surface area (Å²) in [7, 11) is 1.42. The van der Waals surface area contributed by atoms with Gasteiger partial charge in [-0.05, 0) is 5.92 Å². The fraction of sp³-hybridized carbons (Fsp3) is 0.778. The molecule has 0 spiro atoms. The van der Waals surface area contributed by atoms with Crippen molar-refractivity contribution in [2.24, 2.45) is 11.7 Å². The lowest BCUT2D eigenvalue weighted by atomic mass is 9.99. The Labute approximate surface area is 84.0 Å². The van der Waals surface area contributed by atoms with Crippen molar-refractivity contribution in [1.29, 1.82) is 0 Å². The lowest BCUT2D eigenvalue weighted by Gasteiger charge is -2.20. The van der Waals surface area contributed by atoms with E-state index in [1.165, 1.54) is 7.11 Å². The molecule has 3 N–H and O–H groups in total. The van der Waals surface area contributed by atoms with Crippen molar-refractivity contribution >= 4 is 11.8 Å². The van der Waals surface area contributed by atoms with E-state index in [-0.39, 0.29) is 18.4 Å². The van der Waals surface area contributed by atoms with Crippen LogP contribution in [0, 0.1) is 5.92 Å². The minimum atomic E-state index is -0.609. The highest BCUT2D eigenvalue weighted by Crippen LogP contribution is 2.06. The van der Waals surface area contributed by atoms with Gasteiger partial charge in [-0.25, -0.2) is 0 Å². The predicted octanol–water partition coefficient (Wildman–Crippen LogP) is -0.351. The number of ether oxygens (including phenoxy) is 1. The van der Waals surface area contributed by atoms with Crippen LogP contribution in [0.15, 0.2) is 0 Å². The summed E-state index contributed by atoms with van der Waals surface area (Å²) >= 11 is 0. The van der Waals surface area contributed by atoms with Gasteiger partial charge in [0.05, 0.1) is 0 Å². The predicted molar refractivity (Wildman–Crippen MR) is 52.5 cm³/mol. The van der Waals surface area contributed by atoms with E-state index in [2.05, 4.69) is 10.1 Å². The fourth-order valence-electron chi connectivity index (χ4n) is 1.08. The molecule has 5 nitrogen and oxygen atoms in total. The molecule has 0 aliphatic rings. The van der Waals surface area contributed by atoms with Gasteiger partial charge in [0.25, 0.3) is 0 Å². The van der Waals surface area contributed by atoms with Crippen LogP contribution in [0.3, 0.4) is 0 Å². The van der Waals surface area contributed by atoms with Gasteiger partial charge in [-0.15, -0.1) is 0 Å². The van der Waals surface area contributed by atoms with Crippen LogP contribution in [0.4, 0.5) is 0 Å². The molecule has 0 saturated heterocycles. The van der Waals surface area contributed by atoms with Gasteiger partial charge in [-0.1, -0.05) is 20.3 Å². The molecule has 2 atom stereocenters. The number of hydrogen-bond donors (Lipinski definition) is 2. The van der Waals surface area contributed by atoms with Crippen molar-refractivity contribution in [2.75, 3.05) is 13.7 Å². The van der Waals surface area contributed by atoms with Crippen LogP contribution in [-0.2, 0) is 14.3 Å². The third kappa shape index (κ3) is 4.23. The van der Waals surface area contributed by atoms with Crippen LogP contribution in [-0.4, -0.2) is 31.6 Å². The second-order valence-electron chi connectivity index (χ2n) is 3.27.